The maximum absolute atomic E-state index is 11.8. The summed E-state index contributed by atoms with van der Waals surface area (Å²) in [6.45, 7) is -0.276. The van der Waals surface area contributed by atoms with Gasteiger partial charge in [0.15, 0.2) is 6.61 Å². The molecule has 23 heavy (non-hydrogen) atoms. The van der Waals surface area contributed by atoms with Crippen LogP contribution < -0.4 is 5.14 Å². The van der Waals surface area contributed by atoms with E-state index in [2.05, 4.69) is 10.1 Å². The van der Waals surface area contributed by atoms with E-state index in [-0.39, 0.29) is 18.3 Å². The Kier molecular flexibility index (Phi) is 3.98. The van der Waals surface area contributed by atoms with Gasteiger partial charge in [0.1, 0.15) is 0 Å². The highest BCUT2D eigenvalue weighted by molar-refractivity contribution is 7.89. The first-order valence-corrected chi connectivity index (χ1v) is 8.57. The fourth-order valence-electron chi connectivity index (χ4n) is 1.60. The first-order chi connectivity index (χ1) is 10.9. The summed E-state index contributed by atoms with van der Waals surface area (Å²) in [7, 11) is -4.02. The fraction of sp³-hybridized carbons (Fsp3) is 0.0833. The van der Waals surface area contributed by atoms with Gasteiger partial charge >= 0.3 is 5.97 Å². The van der Waals surface area contributed by atoms with Crippen molar-refractivity contribution in [1.29, 1.82) is 0 Å². The summed E-state index contributed by atoms with van der Waals surface area (Å²) in [6.07, 6.45) is 0. The average molecular weight is 355 g/mol. The van der Waals surface area contributed by atoms with Crippen LogP contribution in [0.2, 0.25) is 0 Å². The molecule has 0 aromatic carbocycles. The number of rotatable bonds is 5. The molecule has 0 spiro atoms. The summed E-state index contributed by atoms with van der Waals surface area (Å²) in [6, 6.07) is 4.03. The Morgan fingerprint density at radius 2 is 2.17 bits per heavy atom. The Balaban J connectivity index is 1.64. The third-order valence-electron chi connectivity index (χ3n) is 2.64. The summed E-state index contributed by atoms with van der Waals surface area (Å²) in [5.41, 5.74) is 0.792. The molecule has 0 atom stereocenters. The van der Waals surface area contributed by atoms with E-state index in [1.165, 1.54) is 11.3 Å². The van der Waals surface area contributed by atoms with Gasteiger partial charge in [0, 0.05) is 10.9 Å². The van der Waals surface area contributed by atoms with Gasteiger partial charge in [0.2, 0.25) is 16.7 Å². The molecule has 2 N–H and O–H groups in total. The Morgan fingerprint density at radius 3 is 2.83 bits per heavy atom. The normalized spacial score (nSPS) is 11.5. The number of sulfonamides is 1. The van der Waals surface area contributed by atoms with Crippen LogP contribution in [0.1, 0.15) is 16.4 Å². The van der Waals surface area contributed by atoms with E-state index < -0.39 is 21.1 Å². The molecule has 0 bridgehead atoms. The zero-order valence-corrected chi connectivity index (χ0v) is 13.0. The Morgan fingerprint density at radius 1 is 1.35 bits per heavy atom. The molecule has 3 heterocycles. The molecular formula is C12H9N3O6S2. The van der Waals surface area contributed by atoms with Gasteiger partial charge in [-0.05, 0) is 23.6 Å². The molecule has 3 rings (SSSR count). The van der Waals surface area contributed by atoms with Crippen LogP contribution in [-0.4, -0.2) is 24.5 Å². The maximum Gasteiger partial charge on any atom is 0.374 e. The molecule has 0 amide bonds. The highest BCUT2D eigenvalue weighted by Crippen LogP contribution is 2.19. The van der Waals surface area contributed by atoms with E-state index in [0.717, 1.165) is 17.7 Å². The molecule has 0 unspecified atom stereocenters. The number of carbonyl (C=O) groups excluding carboxylic acids is 1. The molecule has 0 aliphatic rings. The standard InChI is InChI=1S/C12H9N3O6S2/c13-23(17,18)10-2-1-8(20-10)12(16)19-5-9-14-11(15-21-9)7-3-4-22-6-7/h1-4,6H,5H2,(H2,13,17,18). The molecule has 0 aliphatic heterocycles. The van der Waals surface area contributed by atoms with Gasteiger partial charge in [0.25, 0.3) is 15.9 Å². The number of primary sulfonamides is 1. The second-order valence-electron chi connectivity index (χ2n) is 4.26. The van der Waals surface area contributed by atoms with Crippen LogP contribution in [0.25, 0.3) is 11.4 Å². The lowest BCUT2D eigenvalue weighted by molar-refractivity contribution is 0.0388. The predicted octanol–water partition coefficient (Wildman–Crippen LogP) is 1.40. The number of nitrogens with two attached hydrogens (primary N) is 1. The zero-order valence-electron chi connectivity index (χ0n) is 11.3. The molecule has 3 aromatic heterocycles. The lowest BCUT2D eigenvalue weighted by Crippen LogP contribution is -2.11. The van der Waals surface area contributed by atoms with Crippen LogP contribution in [0, 0.1) is 0 Å². The number of aromatic nitrogens is 2. The number of hydrogen-bond acceptors (Lipinski definition) is 9. The Bertz CT molecular complexity index is 926. The third kappa shape index (κ3) is 3.47. The van der Waals surface area contributed by atoms with E-state index in [9.17, 15) is 13.2 Å². The van der Waals surface area contributed by atoms with Gasteiger partial charge in [-0.3, -0.25) is 0 Å². The van der Waals surface area contributed by atoms with Crippen molar-refractivity contribution in [2.24, 2.45) is 5.14 Å². The van der Waals surface area contributed by atoms with Gasteiger partial charge in [-0.1, -0.05) is 5.16 Å². The Labute approximate surface area is 133 Å². The number of nitrogens with zero attached hydrogens (tertiary/aromatic N) is 2. The molecule has 9 nitrogen and oxygen atoms in total. The fourth-order valence-corrected chi connectivity index (χ4v) is 2.70. The number of esters is 1. The molecule has 11 heteroatoms. The van der Waals surface area contributed by atoms with Gasteiger partial charge in [-0.15, -0.1) is 0 Å². The highest BCUT2D eigenvalue weighted by Gasteiger charge is 2.19. The van der Waals surface area contributed by atoms with Crippen molar-refractivity contribution >= 4 is 27.3 Å². The number of hydrogen-bond donors (Lipinski definition) is 1. The van der Waals surface area contributed by atoms with E-state index in [0.29, 0.717) is 5.82 Å². The van der Waals surface area contributed by atoms with E-state index >= 15 is 0 Å². The van der Waals surface area contributed by atoms with Crippen molar-refractivity contribution in [1.82, 2.24) is 10.1 Å². The molecular weight excluding hydrogens is 346 g/mol. The minimum absolute atomic E-state index is 0.0952. The highest BCUT2D eigenvalue weighted by atomic mass is 32.2. The van der Waals surface area contributed by atoms with Crippen molar-refractivity contribution in [3.05, 3.63) is 40.6 Å². The van der Waals surface area contributed by atoms with Crippen LogP contribution in [0.3, 0.4) is 0 Å². The van der Waals surface area contributed by atoms with Crippen molar-refractivity contribution in [3.8, 4) is 11.4 Å². The van der Waals surface area contributed by atoms with Crippen molar-refractivity contribution in [3.63, 3.8) is 0 Å². The van der Waals surface area contributed by atoms with Crippen molar-refractivity contribution < 1.29 is 26.9 Å². The first kappa shape index (κ1) is 15.4. The third-order valence-corrected chi connectivity index (χ3v) is 4.10. The van der Waals surface area contributed by atoms with Gasteiger partial charge in [-0.2, -0.15) is 16.3 Å². The summed E-state index contributed by atoms with van der Waals surface area (Å²) < 4.78 is 36.8. The molecule has 0 radical (unpaired) electrons. The number of ether oxygens (including phenoxy) is 1. The van der Waals surface area contributed by atoms with Crippen molar-refractivity contribution in [2.45, 2.75) is 11.7 Å². The zero-order chi connectivity index (χ0) is 16.4. The quantitative estimate of drug-likeness (QED) is 0.677. The van der Waals surface area contributed by atoms with Crippen molar-refractivity contribution in [2.75, 3.05) is 0 Å². The van der Waals surface area contributed by atoms with Crippen LogP contribution in [0.5, 0.6) is 0 Å². The minimum Gasteiger partial charge on any atom is -0.450 e. The molecule has 0 saturated heterocycles. The first-order valence-electron chi connectivity index (χ1n) is 6.08. The Hall–Kier alpha value is -2.50. The van der Waals surface area contributed by atoms with E-state index in [1.54, 1.807) is 0 Å². The number of thiophene rings is 1. The average Bonchev–Trinajstić information content (AvgIpc) is 3.22. The SMILES string of the molecule is NS(=O)(=O)c1ccc(C(=O)OCc2nc(-c3ccsc3)no2)o1. The summed E-state index contributed by atoms with van der Waals surface area (Å²) >= 11 is 1.48. The van der Waals surface area contributed by atoms with E-state index in [4.69, 9.17) is 18.8 Å². The van der Waals surface area contributed by atoms with Crippen LogP contribution >= 0.6 is 11.3 Å². The lowest BCUT2D eigenvalue weighted by atomic mass is 10.3. The second kappa shape index (κ2) is 5.95. The molecule has 0 saturated carbocycles. The summed E-state index contributed by atoms with van der Waals surface area (Å²) in [5.74, 6) is -0.702. The monoisotopic (exact) mass is 355 g/mol. The van der Waals surface area contributed by atoms with E-state index in [1.807, 2.05) is 16.8 Å². The summed E-state index contributed by atoms with van der Waals surface area (Å²) in [5, 5.41) is 11.8. The smallest absolute Gasteiger partial charge is 0.374 e. The molecule has 120 valence electrons. The second-order valence-corrected chi connectivity index (χ2v) is 6.54. The molecule has 0 fully saturated rings. The van der Waals surface area contributed by atoms with Crippen LogP contribution in [0.15, 0.2) is 43.0 Å². The van der Waals surface area contributed by atoms with Gasteiger partial charge in [-0.25, -0.2) is 18.4 Å². The van der Waals surface area contributed by atoms with Gasteiger partial charge in [0.05, 0.1) is 0 Å². The van der Waals surface area contributed by atoms with Crippen LogP contribution in [-0.2, 0) is 21.4 Å². The lowest BCUT2D eigenvalue weighted by Gasteiger charge is -1.98. The largest absolute Gasteiger partial charge is 0.450 e. The molecule has 3 aromatic rings. The van der Waals surface area contributed by atoms with Gasteiger partial charge < -0.3 is 13.7 Å². The minimum atomic E-state index is -4.02. The number of furan rings is 1. The molecule has 0 aliphatic carbocycles. The van der Waals surface area contributed by atoms with Crippen LogP contribution in [0.4, 0.5) is 0 Å². The predicted molar refractivity (Wildman–Crippen MR) is 76.8 cm³/mol. The summed E-state index contributed by atoms with van der Waals surface area (Å²) in [4.78, 5) is 15.8. The maximum atomic E-state index is 11.8. The number of carbonyl (C=O) groups is 1. The topological polar surface area (TPSA) is 139 Å².